The number of aryl methyl sites for hydroxylation is 1. The van der Waals surface area contributed by atoms with Crippen molar-refractivity contribution < 1.29 is 0 Å². The van der Waals surface area contributed by atoms with Crippen molar-refractivity contribution in [2.45, 2.75) is 25.8 Å². The number of hydrogen-bond acceptors (Lipinski definition) is 2. The third kappa shape index (κ3) is 2.45. The van der Waals surface area contributed by atoms with Gasteiger partial charge in [0.2, 0.25) is 0 Å². The second-order valence-corrected chi connectivity index (χ2v) is 5.29. The summed E-state index contributed by atoms with van der Waals surface area (Å²) in [5.74, 6) is 0.0829. The second kappa shape index (κ2) is 4.99. The molecule has 2 rings (SSSR count). The molecular formula is C13H15BrN2. The fraction of sp³-hybridized carbons (Fsp3) is 0.462. The molecule has 0 spiro atoms. The van der Waals surface area contributed by atoms with Crippen LogP contribution in [0, 0.1) is 17.2 Å². The summed E-state index contributed by atoms with van der Waals surface area (Å²) in [6, 6.07) is 9.15. The molecule has 0 radical (unpaired) electrons. The Morgan fingerprint density at radius 2 is 2.44 bits per heavy atom. The highest BCUT2D eigenvalue weighted by molar-refractivity contribution is 9.10. The van der Waals surface area contributed by atoms with Gasteiger partial charge < -0.3 is 5.32 Å². The van der Waals surface area contributed by atoms with Crippen molar-refractivity contribution in [2.24, 2.45) is 5.92 Å². The first-order chi connectivity index (χ1) is 7.70. The summed E-state index contributed by atoms with van der Waals surface area (Å²) in [7, 11) is 0. The number of rotatable bonds is 3. The van der Waals surface area contributed by atoms with Gasteiger partial charge in [0.05, 0.1) is 12.0 Å². The number of nitrogens with one attached hydrogen (secondary N) is 1. The Hall–Kier alpha value is -0.850. The van der Waals surface area contributed by atoms with E-state index in [2.05, 4.69) is 45.5 Å². The Morgan fingerprint density at radius 3 is 3.19 bits per heavy atom. The summed E-state index contributed by atoms with van der Waals surface area (Å²) in [4.78, 5) is 0. The molecule has 0 aliphatic heterocycles. The molecule has 0 heterocycles. The molecule has 2 nitrogen and oxygen atoms in total. The smallest absolute Gasteiger partial charge is 0.0666 e. The molecule has 0 fully saturated rings. The van der Waals surface area contributed by atoms with E-state index in [0.717, 1.165) is 23.9 Å². The van der Waals surface area contributed by atoms with Crippen LogP contribution in [0.3, 0.4) is 0 Å². The van der Waals surface area contributed by atoms with Gasteiger partial charge in [-0.3, -0.25) is 0 Å². The van der Waals surface area contributed by atoms with Crippen LogP contribution >= 0.6 is 15.9 Å². The molecule has 1 N–H and O–H groups in total. The average molecular weight is 279 g/mol. The molecule has 1 aromatic carbocycles. The number of hydrogen-bond donors (Lipinski definition) is 1. The molecule has 84 valence electrons. The van der Waals surface area contributed by atoms with Crippen LogP contribution < -0.4 is 5.32 Å². The van der Waals surface area contributed by atoms with Crippen molar-refractivity contribution in [3.63, 3.8) is 0 Å². The van der Waals surface area contributed by atoms with Crippen molar-refractivity contribution in [3.05, 3.63) is 33.8 Å². The molecule has 2 atom stereocenters. The number of benzene rings is 1. The number of nitriles is 1. The fourth-order valence-electron chi connectivity index (χ4n) is 2.16. The van der Waals surface area contributed by atoms with E-state index in [-0.39, 0.29) is 5.92 Å². The number of halogens is 1. The lowest BCUT2D eigenvalue weighted by molar-refractivity contribution is 0.497. The third-order valence-electron chi connectivity index (χ3n) is 3.07. The summed E-state index contributed by atoms with van der Waals surface area (Å²) < 4.78 is 1.15. The Bertz CT molecular complexity index is 422. The minimum Gasteiger partial charge on any atom is -0.309 e. The predicted molar refractivity (Wildman–Crippen MR) is 68.0 cm³/mol. The van der Waals surface area contributed by atoms with Gasteiger partial charge in [-0.25, -0.2) is 0 Å². The molecule has 3 heteroatoms. The highest BCUT2D eigenvalue weighted by atomic mass is 79.9. The van der Waals surface area contributed by atoms with Crippen LogP contribution in [-0.4, -0.2) is 6.54 Å². The van der Waals surface area contributed by atoms with Gasteiger partial charge in [-0.05, 0) is 43.0 Å². The lowest BCUT2D eigenvalue weighted by Gasteiger charge is -2.14. The van der Waals surface area contributed by atoms with E-state index in [1.54, 1.807) is 0 Å². The number of fused-ring (bicyclic) bond motifs is 1. The van der Waals surface area contributed by atoms with Crippen LogP contribution in [0.4, 0.5) is 0 Å². The van der Waals surface area contributed by atoms with E-state index in [9.17, 15) is 0 Å². The lowest BCUT2D eigenvalue weighted by atomic mass is 10.1. The van der Waals surface area contributed by atoms with E-state index in [4.69, 9.17) is 5.26 Å². The quantitative estimate of drug-likeness (QED) is 0.922. The van der Waals surface area contributed by atoms with Crippen molar-refractivity contribution in [1.82, 2.24) is 5.32 Å². The first kappa shape index (κ1) is 11.6. The first-order valence-corrected chi connectivity index (χ1v) is 6.41. The van der Waals surface area contributed by atoms with E-state index >= 15 is 0 Å². The van der Waals surface area contributed by atoms with Gasteiger partial charge in [-0.2, -0.15) is 5.26 Å². The van der Waals surface area contributed by atoms with Gasteiger partial charge in [-0.1, -0.05) is 22.0 Å². The van der Waals surface area contributed by atoms with Crippen molar-refractivity contribution in [1.29, 1.82) is 5.26 Å². The molecule has 0 saturated heterocycles. The maximum Gasteiger partial charge on any atom is 0.0666 e. The monoisotopic (exact) mass is 278 g/mol. The van der Waals surface area contributed by atoms with E-state index in [1.807, 2.05) is 6.92 Å². The molecule has 1 aromatic rings. The summed E-state index contributed by atoms with van der Waals surface area (Å²) in [5, 5.41) is 12.2. The zero-order chi connectivity index (χ0) is 11.5. The van der Waals surface area contributed by atoms with Gasteiger partial charge in [-0.15, -0.1) is 0 Å². The largest absolute Gasteiger partial charge is 0.309 e. The van der Waals surface area contributed by atoms with Gasteiger partial charge in [0.25, 0.3) is 0 Å². The SMILES string of the molecule is CC(C#N)CNC1CCc2cc(Br)ccc21. The third-order valence-corrected chi connectivity index (χ3v) is 3.57. The zero-order valence-corrected chi connectivity index (χ0v) is 10.9. The minimum atomic E-state index is 0.0829. The lowest BCUT2D eigenvalue weighted by Crippen LogP contribution is -2.24. The highest BCUT2D eigenvalue weighted by Crippen LogP contribution is 2.32. The molecule has 0 saturated carbocycles. The van der Waals surface area contributed by atoms with Crippen LogP contribution in [-0.2, 0) is 6.42 Å². The van der Waals surface area contributed by atoms with Crippen LogP contribution in [0.1, 0.15) is 30.5 Å². The standard InChI is InChI=1S/C13H15BrN2/c1-9(7-15)8-16-13-5-2-10-6-11(14)3-4-12(10)13/h3-4,6,9,13,16H,2,5,8H2,1H3. The van der Waals surface area contributed by atoms with Crippen LogP contribution in [0.5, 0.6) is 0 Å². The Balaban J connectivity index is 2.04. The molecule has 16 heavy (non-hydrogen) atoms. The Labute approximate surface area is 105 Å². The Morgan fingerprint density at radius 1 is 1.62 bits per heavy atom. The Kier molecular flexibility index (Phi) is 3.63. The summed E-state index contributed by atoms with van der Waals surface area (Å²) >= 11 is 3.49. The maximum absolute atomic E-state index is 8.74. The van der Waals surface area contributed by atoms with Crippen molar-refractivity contribution in [3.8, 4) is 6.07 Å². The number of nitrogens with zero attached hydrogens (tertiary/aromatic N) is 1. The molecule has 0 amide bonds. The normalized spacial score (nSPS) is 20.2. The van der Waals surface area contributed by atoms with Gasteiger partial charge in [0.15, 0.2) is 0 Å². The summed E-state index contributed by atoms with van der Waals surface area (Å²) in [5.41, 5.74) is 2.82. The van der Waals surface area contributed by atoms with Crippen LogP contribution in [0.25, 0.3) is 0 Å². The molecule has 0 aromatic heterocycles. The van der Waals surface area contributed by atoms with Gasteiger partial charge in [0.1, 0.15) is 0 Å². The zero-order valence-electron chi connectivity index (χ0n) is 9.33. The summed E-state index contributed by atoms with van der Waals surface area (Å²) in [6.45, 7) is 2.72. The average Bonchev–Trinajstić information content (AvgIpc) is 2.68. The predicted octanol–water partition coefficient (Wildman–Crippen LogP) is 3.19. The second-order valence-electron chi connectivity index (χ2n) is 4.37. The summed E-state index contributed by atoms with van der Waals surface area (Å²) in [6.07, 6.45) is 2.28. The van der Waals surface area contributed by atoms with E-state index in [0.29, 0.717) is 6.04 Å². The minimum absolute atomic E-state index is 0.0829. The maximum atomic E-state index is 8.74. The molecule has 0 bridgehead atoms. The van der Waals surface area contributed by atoms with Gasteiger partial charge >= 0.3 is 0 Å². The fourth-order valence-corrected chi connectivity index (χ4v) is 2.57. The molecule has 1 aliphatic carbocycles. The van der Waals surface area contributed by atoms with E-state index in [1.165, 1.54) is 11.1 Å². The van der Waals surface area contributed by atoms with Gasteiger partial charge in [0, 0.05) is 17.1 Å². The first-order valence-electron chi connectivity index (χ1n) is 5.62. The van der Waals surface area contributed by atoms with Crippen LogP contribution in [0.15, 0.2) is 22.7 Å². The van der Waals surface area contributed by atoms with Crippen LogP contribution in [0.2, 0.25) is 0 Å². The van der Waals surface area contributed by atoms with Crippen molar-refractivity contribution in [2.75, 3.05) is 6.54 Å². The highest BCUT2D eigenvalue weighted by Gasteiger charge is 2.22. The molecule has 1 aliphatic rings. The molecule has 2 unspecified atom stereocenters. The molecular weight excluding hydrogens is 264 g/mol. The topological polar surface area (TPSA) is 35.8 Å². The van der Waals surface area contributed by atoms with E-state index < -0.39 is 0 Å². The van der Waals surface area contributed by atoms with Crippen molar-refractivity contribution >= 4 is 15.9 Å².